The molecule has 0 amide bonds. The van der Waals surface area contributed by atoms with E-state index in [0.29, 0.717) is 6.29 Å². The summed E-state index contributed by atoms with van der Waals surface area (Å²) < 4.78 is 0. The predicted octanol–water partition coefficient (Wildman–Crippen LogP) is 0.760. The molecule has 0 N–H and O–H groups in total. The van der Waals surface area contributed by atoms with E-state index in [1.54, 1.807) is 0 Å². The van der Waals surface area contributed by atoms with Crippen LogP contribution in [0.4, 0.5) is 0 Å². The maximum absolute atomic E-state index is 10.9. The Bertz CT molecular complexity index is 172. The van der Waals surface area contributed by atoms with Crippen molar-refractivity contribution in [3.8, 4) is 0 Å². The van der Waals surface area contributed by atoms with Gasteiger partial charge in [0.25, 0.3) is 0 Å². The van der Waals surface area contributed by atoms with Crippen molar-refractivity contribution in [2.45, 2.75) is 26.7 Å². The Balaban J connectivity index is 3.69. The quantitative estimate of drug-likeness (QED) is 0.436. The van der Waals surface area contributed by atoms with Gasteiger partial charge in [-0.1, -0.05) is 0 Å². The van der Waals surface area contributed by atoms with Crippen LogP contribution in [0.1, 0.15) is 26.7 Å². The molecule has 0 aromatic carbocycles. The van der Waals surface area contributed by atoms with Gasteiger partial charge in [0.05, 0.1) is 5.92 Å². The number of carbonyl (C=O) groups is 3. The van der Waals surface area contributed by atoms with Crippen molar-refractivity contribution >= 4 is 17.9 Å². The first-order valence-corrected chi connectivity index (χ1v) is 3.55. The second kappa shape index (κ2) is 4.77. The fourth-order valence-corrected chi connectivity index (χ4v) is 0.603. The third-order valence-electron chi connectivity index (χ3n) is 1.44. The maximum atomic E-state index is 10.9. The number of hydrogen-bond donors (Lipinski definition) is 0. The molecule has 1 unspecified atom stereocenters. The van der Waals surface area contributed by atoms with Gasteiger partial charge in [0.2, 0.25) is 0 Å². The first kappa shape index (κ1) is 10.0. The Labute approximate surface area is 65.8 Å². The van der Waals surface area contributed by atoms with Crippen molar-refractivity contribution < 1.29 is 14.4 Å². The minimum absolute atomic E-state index is 0.0172. The highest BCUT2D eigenvalue weighted by Gasteiger charge is 2.11. The summed E-state index contributed by atoms with van der Waals surface area (Å²) in [4.78, 5) is 31.4. The third kappa shape index (κ3) is 4.42. The molecule has 0 bridgehead atoms. The summed E-state index contributed by atoms with van der Waals surface area (Å²) in [7, 11) is 0. The van der Waals surface area contributed by atoms with E-state index in [-0.39, 0.29) is 24.4 Å². The highest BCUT2D eigenvalue weighted by molar-refractivity contribution is 5.94. The summed E-state index contributed by atoms with van der Waals surface area (Å²) in [6.45, 7) is 2.97. The van der Waals surface area contributed by atoms with E-state index in [4.69, 9.17) is 0 Å². The molecule has 0 aliphatic heterocycles. The predicted molar refractivity (Wildman–Crippen MR) is 40.2 cm³/mol. The topological polar surface area (TPSA) is 51.2 Å². The van der Waals surface area contributed by atoms with Gasteiger partial charge in [-0.3, -0.25) is 4.79 Å². The molecule has 3 heteroatoms. The van der Waals surface area contributed by atoms with Crippen LogP contribution in [0.25, 0.3) is 0 Å². The smallest absolute Gasteiger partial charge is 0.143 e. The lowest BCUT2D eigenvalue weighted by atomic mass is 10.0. The largest absolute Gasteiger partial charge is 0.303 e. The van der Waals surface area contributed by atoms with E-state index >= 15 is 0 Å². The number of Topliss-reactive ketones (excluding diaryl/α,β-unsaturated/α-hetero) is 2. The molecule has 0 aliphatic rings. The van der Waals surface area contributed by atoms with Gasteiger partial charge in [0.1, 0.15) is 17.9 Å². The second-order valence-corrected chi connectivity index (χ2v) is 2.59. The molecule has 0 aromatic rings. The Morgan fingerprint density at radius 2 is 1.91 bits per heavy atom. The number of rotatable bonds is 5. The molecule has 11 heavy (non-hydrogen) atoms. The molecule has 0 aromatic heterocycles. The lowest BCUT2D eigenvalue weighted by Crippen LogP contribution is -2.12. The van der Waals surface area contributed by atoms with Crippen LogP contribution in [-0.2, 0) is 14.4 Å². The van der Waals surface area contributed by atoms with E-state index < -0.39 is 5.92 Å². The van der Waals surface area contributed by atoms with Gasteiger partial charge >= 0.3 is 0 Å². The van der Waals surface area contributed by atoms with Crippen molar-refractivity contribution in [1.82, 2.24) is 0 Å². The molecule has 0 heterocycles. The Morgan fingerprint density at radius 1 is 1.36 bits per heavy atom. The van der Waals surface area contributed by atoms with Crippen LogP contribution >= 0.6 is 0 Å². The average Bonchev–Trinajstić information content (AvgIpc) is 1.98. The zero-order valence-corrected chi connectivity index (χ0v) is 6.79. The van der Waals surface area contributed by atoms with Gasteiger partial charge in [-0.15, -0.1) is 0 Å². The van der Waals surface area contributed by atoms with E-state index in [0.717, 1.165) is 0 Å². The lowest BCUT2D eigenvalue weighted by molar-refractivity contribution is -0.128. The average molecular weight is 156 g/mol. The molecule has 0 aliphatic carbocycles. The molecule has 0 saturated heterocycles. The van der Waals surface area contributed by atoms with Crippen LogP contribution in [0.3, 0.4) is 0 Å². The van der Waals surface area contributed by atoms with Crippen molar-refractivity contribution in [3.63, 3.8) is 0 Å². The molecule has 0 rings (SSSR count). The Hall–Kier alpha value is -0.990. The summed E-state index contributed by atoms with van der Waals surface area (Å²) in [5.41, 5.74) is 0. The first-order valence-electron chi connectivity index (χ1n) is 3.55. The zero-order chi connectivity index (χ0) is 8.85. The molecule has 3 nitrogen and oxygen atoms in total. The first-order chi connectivity index (χ1) is 5.07. The minimum atomic E-state index is -0.561. The number of hydrogen-bond acceptors (Lipinski definition) is 3. The number of aldehydes is 1. The van der Waals surface area contributed by atoms with Gasteiger partial charge in [0.15, 0.2) is 0 Å². The van der Waals surface area contributed by atoms with Crippen LogP contribution in [0.5, 0.6) is 0 Å². The van der Waals surface area contributed by atoms with Gasteiger partial charge in [-0.25, -0.2) is 0 Å². The van der Waals surface area contributed by atoms with Gasteiger partial charge in [0, 0.05) is 12.8 Å². The van der Waals surface area contributed by atoms with Gasteiger partial charge in [-0.05, 0) is 13.8 Å². The summed E-state index contributed by atoms with van der Waals surface area (Å²) in [6, 6.07) is 0. The van der Waals surface area contributed by atoms with Crippen molar-refractivity contribution in [2.24, 2.45) is 5.92 Å². The van der Waals surface area contributed by atoms with Crippen LogP contribution in [0.2, 0.25) is 0 Å². The summed E-state index contributed by atoms with van der Waals surface area (Å²) in [6.07, 6.45) is 1.04. The number of carbonyl (C=O) groups excluding carboxylic acids is 3. The monoisotopic (exact) mass is 156 g/mol. The highest BCUT2D eigenvalue weighted by Crippen LogP contribution is 2.00. The van der Waals surface area contributed by atoms with Crippen molar-refractivity contribution in [3.05, 3.63) is 0 Å². The maximum Gasteiger partial charge on any atom is 0.143 e. The van der Waals surface area contributed by atoms with E-state index in [1.165, 1.54) is 13.8 Å². The fraction of sp³-hybridized carbons (Fsp3) is 0.625. The van der Waals surface area contributed by atoms with E-state index in [1.807, 2.05) is 0 Å². The normalized spacial score (nSPS) is 12.2. The molecule has 1 atom stereocenters. The summed E-state index contributed by atoms with van der Waals surface area (Å²) >= 11 is 0. The second-order valence-electron chi connectivity index (χ2n) is 2.59. The van der Waals surface area contributed by atoms with Crippen LogP contribution in [0.15, 0.2) is 0 Å². The third-order valence-corrected chi connectivity index (χ3v) is 1.44. The summed E-state index contributed by atoms with van der Waals surface area (Å²) in [5, 5.41) is 0. The molecule has 62 valence electrons. The molecule has 0 fully saturated rings. The minimum Gasteiger partial charge on any atom is -0.303 e. The van der Waals surface area contributed by atoms with Gasteiger partial charge < -0.3 is 9.59 Å². The molecule has 0 spiro atoms. The highest BCUT2D eigenvalue weighted by atomic mass is 16.1. The van der Waals surface area contributed by atoms with Crippen molar-refractivity contribution in [2.75, 3.05) is 0 Å². The van der Waals surface area contributed by atoms with Crippen LogP contribution in [0, 0.1) is 5.92 Å². The number of ketones is 2. The van der Waals surface area contributed by atoms with E-state index in [9.17, 15) is 14.4 Å². The van der Waals surface area contributed by atoms with Crippen LogP contribution in [-0.4, -0.2) is 17.9 Å². The Kier molecular flexibility index (Phi) is 4.34. The van der Waals surface area contributed by atoms with Crippen molar-refractivity contribution in [1.29, 1.82) is 0 Å². The van der Waals surface area contributed by atoms with Gasteiger partial charge in [-0.2, -0.15) is 0 Å². The SMILES string of the molecule is CC(=O)CCC(=O)C(C)C=O. The van der Waals surface area contributed by atoms with Crippen LogP contribution < -0.4 is 0 Å². The molecular weight excluding hydrogens is 144 g/mol. The fourth-order valence-electron chi connectivity index (χ4n) is 0.603. The zero-order valence-electron chi connectivity index (χ0n) is 6.79. The van der Waals surface area contributed by atoms with E-state index in [2.05, 4.69) is 0 Å². The Morgan fingerprint density at radius 3 is 2.27 bits per heavy atom. The standard InChI is InChI=1S/C8H12O3/c1-6(5-9)8(11)4-3-7(2)10/h5-6H,3-4H2,1-2H3. The summed E-state index contributed by atoms with van der Waals surface area (Å²) in [5.74, 6) is -0.735. The molecule has 0 saturated carbocycles. The molecule has 0 radical (unpaired) electrons. The lowest BCUT2D eigenvalue weighted by Gasteiger charge is -1.99. The molecular formula is C8H12O3.